The van der Waals surface area contributed by atoms with Crippen LogP contribution in [0.15, 0.2) is 53.0 Å². The average molecular weight is 427 g/mol. The summed E-state index contributed by atoms with van der Waals surface area (Å²) in [5.41, 5.74) is -0.604. The minimum Gasteiger partial charge on any atom is -0.325 e. The minimum absolute atomic E-state index is 0.0430. The molecule has 0 unspecified atom stereocenters. The number of nitrogens with zero attached hydrogens (tertiary/aromatic N) is 1. The number of anilines is 2. The van der Waals surface area contributed by atoms with Gasteiger partial charge in [-0.1, -0.05) is 34.1 Å². The number of carbonyl (C=O) groups is 2. The molecular formula is C18H14BrF3N2O2. The Balaban J connectivity index is 1.77. The minimum atomic E-state index is -4.60. The van der Waals surface area contributed by atoms with Crippen molar-refractivity contribution in [2.24, 2.45) is 5.92 Å². The van der Waals surface area contributed by atoms with Gasteiger partial charge in [0.2, 0.25) is 11.8 Å². The Kier molecular flexibility index (Phi) is 5.04. The number of amides is 2. The lowest BCUT2D eigenvalue weighted by Gasteiger charge is -2.18. The predicted molar refractivity (Wildman–Crippen MR) is 94.7 cm³/mol. The molecule has 1 heterocycles. The van der Waals surface area contributed by atoms with E-state index >= 15 is 0 Å². The van der Waals surface area contributed by atoms with Crippen LogP contribution in [0.4, 0.5) is 24.5 Å². The van der Waals surface area contributed by atoms with E-state index in [2.05, 4.69) is 21.2 Å². The molecule has 0 bridgehead atoms. The molecule has 1 aliphatic heterocycles. The van der Waals surface area contributed by atoms with Crippen LogP contribution >= 0.6 is 15.9 Å². The standard InChI is InChI=1S/C18H14BrF3N2O2/c19-12-6-7-15(14(9-12)18(20,21)22)23-17(26)11-8-16(25)24(10-11)13-4-2-1-3-5-13/h1-7,9,11H,8,10H2,(H,23,26)/t11-/m0/s1. The molecule has 2 aromatic rings. The van der Waals surface area contributed by atoms with E-state index in [4.69, 9.17) is 0 Å². The van der Waals surface area contributed by atoms with Crippen LogP contribution in [-0.2, 0) is 15.8 Å². The van der Waals surface area contributed by atoms with Gasteiger partial charge in [-0.15, -0.1) is 0 Å². The van der Waals surface area contributed by atoms with Crippen molar-refractivity contribution in [3.63, 3.8) is 0 Å². The predicted octanol–water partition coefficient (Wildman–Crippen LogP) is 4.46. The van der Waals surface area contributed by atoms with E-state index < -0.39 is 23.6 Å². The molecule has 1 aliphatic rings. The Morgan fingerprint density at radius 3 is 2.50 bits per heavy atom. The topological polar surface area (TPSA) is 49.4 Å². The Morgan fingerprint density at radius 1 is 1.15 bits per heavy atom. The van der Waals surface area contributed by atoms with E-state index in [1.165, 1.54) is 17.0 Å². The molecular weight excluding hydrogens is 413 g/mol. The molecule has 1 saturated heterocycles. The summed E-state index contributed by atoms with van der Waals surface area (Å²) in [6.07, 6.45) is -4.65. The highest BCUT2D eigenvalue weighted by atomic mass is 79.9. The van der Waals surface area contributed by atoms with Crippen molar-refractivity contribution < 1.29 is 22.8 Å². The largest absolute Gasteiger partial charge is 0.418 e. The number of alkyl halides is 3. The van der Waals surface area contributed by atoms with Crippen molar-refractivity contribution in [1.82, 2.24) is 0 Å². The molecule has 1 fully saturated rings. The summed E-state index contributed by atoms with van der Waals surface area (Å²) in [4.78, 5) is 26.1. The highest BCUT2D eigenvalue weighted by Crippen LogP contribution is 2.37. The second kappa shape index (κ2) is 7.11. The van der Waals surface area contributed by atoms with E-state index in [0.717, 1.165) is 6.07 Å². The molecule has 0 saturated carbocycles. The normalized spacial score (nSPS) is 17.5. The second-order valence-electron chi connectivity index (χ2n) is 5.92. The second-order valence-corrected chi connectivity index (χ2v) is 6.83. The number of carbonyl (C=O) groups excluding carboxylic acids is 2. The van der Waals surface area contributed by atoms with Crippen LogP contribution in [0.1, 0.15) is 12.0 Å². The van der Waals surface area contributed by atoms with Crippen LogP contribution < -0.4 is 10.2 Å². The maximum absolute atomic E-state index is 13.2. The van der Waals surface area contributed by atoms with Crippen LogP contribution in [0.25, 0.3) is 0 Å². The average Bonchev–Trinajstić information content (AvgIpc) is 2.98. The van der Waals surface area contributed by atoms with Crippen molar-refractivity contribution >= 4 is 39.1 Å². The fourth-order valence-corrected chi connectivity index (χ4v) is 3.20. The van der Waals surface area contributed by atoms with Gasteiger partial charge in [-0.3, -0.25) is 9.59 Å². The van der Waals surface area contributed by atoms with Crippen LogP contribution in [0, 0.1) is 5.92 Å². The molecule has 0 spiro atoms. The Labute approximate surface area is 156 Å². The molecule has 3 rings (SSSR count). The van der Waals surface area contributed by atoms with E-state index in [-0.39, 0.29) is 29.0 Å². The molecule has 0 radical (unpaired) electrons. The first-order chi connectivity index (χ1) is 12.3. The Hall–Kier alpha value is -2.35. The Bertz CT molecular complexity index is 840. The van der Waals surface area contributed by atoms with E-state index in [9.17, 15) is 22.8 Å². The molecule has 136 valence electrons. The monoisotopic (exact) mass is 426 g/mol. The summed E-state index contributed by atoms with van der Waals surface area (Å²) in [5.74, 6) is -1.56. The summed E-state index contributed by atoms with van der Waals surface area (Å²) in [6.45, 7) is 0.132. The van der Waals surface area contributed by atoms with E-state index in [1.807, 2.05) is 0 Å². The molecule has 26 heavy (non-hydrogen) atoms. The number of rotatable bonds is 3. The van der Waals surface area contributed by atoms with Crippen molar-refractivity contribution in [1.29, 1.82) is 0 Å². The SMILES string of the molecule is O=C(Nc1ccc(Br)cc1C(F)(F)F)[C@H]1CC(=O)N(c2ccccc2)C1. The van der Waals surface area contributed by atoms with Gasteiger partial charge in [-0.2, -0.15) is 13.2 Å². The van der Waals surface area contributed by atoms with Crippen molar-refractivity contribution in [3.05, 3.63) is 58.6 Å². The lowest BCUT2D eigenvalue weighted by atomic mass is 10.1. The molecule has 2 amide bonds. The van der Waals surface area contributed by atoms with Crippen LogP contribution in [0.3, 0.4) is 0 Å². The molecule has 1 atom stereocenters. The fourth-order valence-electron chi connectivity index (χ4n) is 2.84. The highest BCUT2D eigenvalue weighted by molar-refractivity contribution is 9.10. The Morgan fingerprint density at radius 2 is 1.85 bits per heavy atom. The molecule has 1 N–H and O–H groups in total. The third-order valence-electron chi connectivity index (χ3n) is 4.11. The summed E-state index contributed by atoms with van der Waals surface area (Å²) >= 11 is 3.00. The summed E-state index contributed by atoms with van der Waals surface area (Å²) in [5, 5.41) is 2.32. The molecule has 4 nitrogen and oxygen atoms in total. The zero-order chi connectivity index (χ0) is 18.9. The quantitative estimate of drug-likeness (QED) is 0.787. The first-order valence-corrected chi connectivity index (χ1v) is 8.58. The van der Waals surface area contributed by atoms with E-state index in [0.29, 0.717) is 5.69 Å². The van der Waals surface area contributed by atoms with Crippen LogP contribution in [-0.4, -0.2) is 18.4 Å². The zero-order valence-corrected chi connectivity index (χ0v) is 15.0. The summed E-state index contributed by atoms with van der Waals surface area (Å²) < 4.78 is 39.8. The summed E-state index contributed by atoms with van der Waals surface area (Å²) in [6, 6.07) is 12.4. The smallest absolute Gasteiger partial charge is 0.325 e. The van der Waals surface area contributed by atoms with Crippen LogP contribution in [0.5, 0.6) is 0 Å². The van der Waals surface area contributed by atoms with Crippen molar-refractivity contribution in [2.45, 2.75) is 12.6 Å². The van der Waals surface area contributed by atoms with Crippen molar-refractivity contribution in [2.75, 3.05) is 16.8 Å². The van der Waals surface area contributed by atoms with Gasteiger partial charge in [0.05, 0.1) is 17.2 Å². The number of nitrogens with one attached hydrogen (secondary N) is 1. The summed E-state index contributed by atoms with van der Waals surface area (Å²) in [7, 11) is 0. The van der Waals surface area contributed by atoms with Gasteiger partial charge in [-0.25, -0.2) is 0 Å². The fraction of sp³-hybridized carbons (Fsp3) is 0.222. The number of hydrogen-bond donors (Lipinski definition) is 1. The van der Waals surface area contributed by atoms with Crippen molar-refractivity contribution in [3.8, 4) is 0 Å². The molecule has 8 heteroatoms. The number of halogens is 4. The lowest BCUT2D eigenvalue weighted by Crippen LogP contribution is -2.28. The number of hydrogen-bond acceptors (Lipinski definition) is 2. The van der Waals surface area contributed by atoms with Gasteiger partial charge in [-0.05, 0) is 30.3 Å². The highest BCUT2D eigenvalue weighted by Gasteiger charge is 2.37. The third kappa shape index (κ3) is 3.90. The van der Waals surface area contributed by atoms with Gasteiger partial charge < -0.3 is 10.2 Å². The number of benzene rings is 2. The first-order valence-electron chi connectivity index (χ1n) is 7.79. The van der Waals surface area contributed by atoms with Gasteiger partial charge >= 0.3 is 6.18 Å². The number of para-hydroxylation sites is 1. The van der Waals surface area contributed by atoms with Gasteiger partial charge in [0.15, 0.2) is 0 Å². The molecule has 0 aliphatic carbocycles. The first kappa shape index (κ1) is 18.4. The van der Waals surface area contributed by atoms with E-state index in [1.54, 1.807) is 30.3 Å². The zero-order valence-electron chi connectivity index (χ0n) is 13.4. The molecule has 2 aromatic carbocycles. The maximum atomic E-state index is 13.2. The van der Waals surface area contributed by atoms with Crippen LogP contribution in [0.2, 0.25) is 0 Å². The van der Waals surface area contributed by atoms with Gasteiger partial charge in [0.25, 0.3) is 0 Å². The third-order valence-corrected chi connectivity index (χ3v) is 4.60. The van der Waals surface area contributed by atoms with Gasteiger partial charge in [0, 0.05) is 23.1 Å². The van der Waals surface area contributed by atoms with Gasteiger partial charge in [0.1, 0.15) is 0 Å². The molecule has 0 aromatic heterocycles. The lowest BCUT2D eigenvalue weighted by molar-refractivity contribution is -0.137. The maximum Gasteiger partial charge on any atom is 0.418 e.